The van der Waals surface area contributed by atoms with Gasteiger partial charge in [-0.3, -0.25) is 0 Å². The van der Waals surface area contributed by atoms with E-state index in [1.54, 1.807) is 30.0 Å². The Balaban J connectivity index is 1.87. The average molecular weight is 292 g/mol. The smallest absolute Gasteiger partial charge is 0.335 e. The van der Waals surface area contributed by atoms with Gasteiger partial charge in [-0.15, -0.1) is 0 Å². The van der Waals surface area contributed by atoms with E-state index in [0.717, 1.165) is 5.56 Å². The van der Waals surface area contributed by atoms with E-state index in [2.05, 4.69) is 5.32 Å². The van der Waals surface area contributed by atoms with Crippen LogP contribution in [0.25, 0.3) is 0 Å². The van der Waals surface area contributed by atoms with Crippen molar-refractivity contribution >= 4 is 12.0 Å². The van der Waals surface area contributed by atoms with Gasteiger partial charge < -0.3 is 20.4 Å². The standard InChI is InChI=1S/C15H20N2O4/c1-15(21)5-7-17(8-6-15)14(20)16-10-11-3-2-4-12(9-11)13(18)19/h2-4,9,21H,5-8,10H2,1H3,(H,16,20)(H,18,19). The summed E-state index contributed by atoms with van der Waals surface area (Å²) in [5.74, 6) is -0.985. The van der Waals surface area contributed by atoms with Crippen LogP contribution in [0.3, 0.4) is 0 Å². The highest BCUT2D eigenvalue weighted by molar-refractivity contribution is 5.87. The zero-order valence-corrected chi connectivity index (χ0v) is 12.0. The highest BCUT2D eigenvalue weighted by atomic mass is 16.4. The highest BCUT2D eigenvalue weighted by Gasteiger charge is 2.29. The number of piperidine rings is 1. The molecule has 6 nitrogen and oxygen atoms in total. The van der Waals surface area contributed by atoms with Crippen LogP contribution in [0.15, 0.2) is 24.3 Å². The molecule has 0 aromatic heterocycles. The highest BCUT2D eigenvalue weighted by Crippen LogP contribution is 2.20. The van der Waals surface area contributed by atoms with Crippen LogP contribution in [0.1, 0.15) is 35.7 Å². The quantitative estimate of drug-likeness (QED) is 0.786. The third-order valence-electron chi connectivity index (χ3n) is 3.75. The zero-order chi connectivity index (χ0) is 15.5. The van der Waals surface area contributed by atoms with Gasteiger partial charge in [0.2, 0.25) is 0 Å². The fourth-order valence-corrected chi connectivity index (χ4v) is 2.30. The van der Waals surface area contributed by atoms with Gasteiger partial charge in [-0.25, -0.2) is 9.59 Å². The number of urea groups is 1. The lowest BCUT2D eigenvalue weighted by Crippen LogP contribution is -2.48. The van der Waals surface area contributed by atoms with Crippen LogP contribution in [0, 0.1) is 0 Å². The summed E-state index contributed by atoms with van der Waals surface area (Å²) in [5, 5.41) is 21.5. The van der Waals surface area contributed by atoms with E-state index in [1.165, 1.54) is 6.07 Å². The Morgan fingerprint density at radius 3 is 2.62 bits per heavy atom. The first kappa shape index (κ1) is 15.3. The predicted octanol–water partition coefficient (Wildman–Crippen LogP) is 1.44. The monoisotopic (exact) mass is 292 g/mol. The molecule has 21 heavy (non-hydrogen) atoms. The van der Waals surface area contributed by atoms with Crippen molar-refractivity contribution in [3.05, 3.63) is 35.4 Å². The third-order valence-corrected chi connectivity index (χ3v) is 3.75. The summed E-state index contributed by atoms with van der Waals surface area (Å²) < 4.78 is 0. The summed E-state index contributed by atoms with van der Waals surface area (Å²) in [6.45, 7) is 3.11. The van der Waals surface area contributed by atoms with E-state index in [4.69, 9.17) is 5.11 Å². The van der Waals surface area contributed by atoms with Crippen molar-refractivity contribution in [3.8, 4) is 0 Å². The third kappa shape index (κ3) is 4.19. The van der Waals surface area contributed by atoms with Gasteiger partial charge in [-0.1, -0.05) is 12.1 Å². The summed E-state index contributed by atoms with van der Waals surface area (Å²) in [4.78, 5) is 24.6. The molecule has 0 aliphatic carbocycles. The summed E-state index contributed by atoms with van der Waals surface area (Å²) in [5.41, 5.74) is 0.259. The molecule has 0 bridgehead atoms. The largest absolute Gasteiger partial charge is 0.478 e. The first-order chi connectivity index (χ1) is 9.87. The fourth-order valence-electron chi connectivity index (χ4n) is 2.30. The molecule has 0 radical (unpaired) electrons. The molecule has 2 amide bonds. The fraction of sp³-hybridized carbons (Fsp3) is 0.467. The number of rotatable bonds is 3. The van der Waals surface area contributed by atoms with Crippen molar-refractivity contribution in [3.63, 3.8) is 0 Å². The zero-order valence-electron chi connectivity index (χ0n) is 12.0. The van der Waals surface area contributed by atoms with Crippen molar-refractivity contribution in [2.24, 2.45) is 0 Å². The second kappa shape index (κ2) is 6.13. The Morgan fingerprint density at radius 2 is 2.00 bits per heavy atom. The number of nitrogens with zero attached hydrogens (tertiary/aromatic N) is 1. The van der Waals surface area contributed by atoms with Gasteiger partial charge in [0.25, 0.3) is 0 Å². The Morgan fingerprint density at radius 1 is 1.33 bits per heavy atom. The molecule has 0 unspecified atom stereocenters. The van der Waals surface area contributed by atoms with E-state index >= 15 is 0 Å². The van der Waals surface area contributed by atoms with Crippen molar-refractivity contribution in [2.75, 3.05) is 13.1 Å². The number of carboxylic acid groups (broad SMARTS) is 1. The lowest BCUT2D eigenvalue weighted by Gasteiger charge is -2.35. The minimum Gasteiger partial charge on any atom is -0.478 e. The number of likely N-dealkylation sites (tertiary alicyclic amines) is 1. The number of nitrogens with one attached hydrogen (secondary N) is 1. The van der Waals surface area contributed by atoms with E-state index in [0.29, 0.717) is 25.9 Å². The summed E-state index contributed by atoms with van der Waals surface area (Å²) in [6.07, 6.45) is 1.13. The molecule has 3 N–H and O–H groups in total. The minimum absolute atomic E-state index is 0.189. The van der Waals surface area contributed by atoms with Gasteiger partial charge in [0.05, 0.1) is 11.2 Å². The molecular formula is C15H20N2O4. The summed E-state index contributed by atoms with van der Waals surface area (Å²) in [7, 11) is 0. The molecular weight excluding hydrogens is 272 g/mol. The molecule has 1 aromatic carbocycles. The molecule has 2 rings (SSSR count). The number of carbonyl (C=O) groups is 2. The molecule has 1 fully saturated rings. The normalized spacial score (nSPS) is 17.3. The maximum absolute atomic E-state index is 12.0. The van der Waals surface area contributed by atoms with Crippen molar-refractivity contribution in [2.45, 2.75) is 31.9 Å². The van der Waals surface area contributed by atoms with Gasteiger partial charge in [-0.2, -0.15) is 0 Å². The second-order valence-corrected chi connectivity index (χ2v) is 5.65. The number of hydrogen-bond acceptors (Lipinski definition) is 3. The van der Waals surface area contributed by atoms with E-state index in [1.807, 2.05) is 0 Å². The number of aliphatic hydroxyl groups is 1. The van der Waals surface area contributed by atoms with Crippen LogP contribution < -0.4 is 5.32 Å². The summed E-state index contributed by atoms with van der Waals surface area (Å²) in [6, 6.07) is 6.30. The maximum Gasteiger partial charge on any atom is 0.335 e. The molecule has 1 aliphatic rings. The molecule has 0 saturated carbocycles. The minimum atomic E-state index is -0.985. The van der Waals surface area contributed by atoms with Crippen LogP contribution in [-0.4, -0.2) is 45.8 Å². The van der Waals surface area contributed by atoms with Gasteiger partial charge >= 0.3 is 12.0 Å². The molecule has 0 spiro atoms. The van der Waals surface area contributed by atoms with Crippen LogP contribution in [0.2, 0.25) is 0 Å². The Kier molecular flexibility index (Phi) is 4.47. The Labute approximate surface area is 123 Å². The number of carboxylic acids is 1. The summed E-state index contributed by atoms with van der Waals surface area (Å²) >= 11 is 0. The van der Waals surface area contributed by atoms with Gasteiger partial charge in [0, 0.05) is 19.6 Å². The van der Waals surface area contributed by atoms with Gasteiger partial charge in [0.1, 0.15) is 0 Å². The molecule has 6 heteroatoms. The van der Waals surface area contributed by atoms with Crippen LogP contribution in [0.4, 0.5) is 4.79 Å². The van der Waals surface area contributed by atoms with Gasteiger partial charge in [-0.05, 0) is 37.5 Å². The van der Waals surface area contributed by atoms with Crippen molar-refractivity contribution < 1.29 is 19.8 Å². The number of hydrogen-bond donors (Lipinski definition) is 3. The topological polar surface area (TPSA) is 89.9 Å². The maximum atomic E-state index is 12.0. The first-order valence-electron chi connectivity index (χ1n) is 6.95. The molecule has 0 atom stereocenters. The number of amides is 2. The number of carbonyl (C=O) groups excluding carboxylic acids is 1. The lowest BCUT2D eigenvalue weighted by molar-refractivity contribution is 0.00435. The molecule has 1 aromatic rings. The van der Waals surface area contributed by atoms with Crippen molar-refractivity contribution in [1.82, 2.24) is 10.2 Å². The SMILES string of the molecule is CC1(O)CCN(C(=O)NCc2cccc(C(=O)O)c2)CC1. The first-order valence-corrected chi connectivity index (χ1v) is 6.95. The Hall–Kier alpha value is -2.08. The average Bonchev–Trinajstić information content (AvgIpc) is 2.45. The van der Waals surface area contributed by atoms with E-state index in [9.17, 15) is 14.7 Å². The number of aromatic carboxylic acids is 1. The Bertz CT molecular complexity index is 532. The molecule has 1 aliphatic heterocycles. The van der Waals surface area contributed by atoms with Crippen LogP contribution in [0.5, 0.6) is 0 Å². The van der Waals surface area contributed by atoms with Crippen LogP contribution in [-0.2, 0) is 6.54 Å². The van der Waals surface area contributed by atoms with E-state index < -0.39 is 11.6 Å². The molecule has 114 valence electrons. The number of benzene rings is 1. The molecule has 1 heterocycles. The predicted molar refractivity (Wildman–Crippen MR) is 77.1 cm³/mol. The lowest BCUT2D eigenvalue weighted by atomic mass is 9.94. The van der Waals surface area contributed by atoms with Gasteiger partial charge in [0.15, 0.2) is 0 Å². The molecule has 1 saturated heterocycles. The van der Waals surface area contributed by atoms with Crippen molar-refractivity contribution in [1.29, 1.82) is 0 Å². The van der Waals surface area contributed by atoms with E-state index in [-0.39, 0.29) is 18.1 Å². The van der Waals surface area contributed by atoms with Crippen LogP contribution >= 0.6 is 0 Å². The second-order valence-electron chi connectivity index (χ2n) is 5.65.